The van der Waals surface area contributed by atoms with E-state index >= 15 is 0 Å². The summed E-state index contributed by atoms with van der Waals surface area (Å²) in [4.78, 5) is 23.0. The molecule has 8 nitrogen and oxygen atoms in total. The van der Waals surface area contributed by atoms with Crippen LogP contribution in [0.1, 0.15) is 23.0 Å². The van der Waals surface area contributed by atoms with E-state index in [9.17, 15) is 9.59 Å². The molecule has 1 unspecified atom stereocenters. The fraction of sp³-hybridized carbons (Fsp3) is 0.636. The van der Waals surface area contributed by atoms with Crippen molar-refractivity contribution in [1.82, 2.24) is 25.6 Å². The molecule has 0 saturated carbocycles. The van der Waals surface area contributed by atoms with Crippen molar-refractivity contribution in [2.24, 2.45) is 0 Å². The number of nitrogens with one attached hydrogen (secondary N) is 2. The van der Waals surface area contributed by atoms with Gasteiger partial charge in [-0.1, -0.05) is 5.21 Å². The molecule has 1 aromatic heterocycles. The third-order valence-corrected chi connectivity index (χ3v) is 3.73. The monoisotopic (exact) mass is 299 g/mol. The fourth-order valence-corrected chi connectivity index (χ4v) is 2.22. The summed E-state index contributed by atoms with van der Waals surface area (Å²) in [6.07, 6.45) is 3.82. The summed E-state index contributed by atoms with van der Waals surface area (Å²) in [6, 6.07) is -0.679. The average molecular weight is 299 g/mol. The normalized spacial score (nSPS) is 16.4. The largest absolute Gasteiger partial charge is 0.480 e. The smallest absolute Gasteiger partial charge is 0.326 e. The highest BCUT2D eigenvalue weighted by molar-refractivity contribution is 7.98. The molecule has 110 valence electrons. The zero-order chi connectivity index (χ0) is 14.5. The number of hydrogen-bond acceptors (Lipinski definition) is 6. The van der Waals surface area contributed by atoms with Gasteiger partial charge in [-0.25, -0.2) is 9.48 Å². The van der Waals surface area contributed by atoms with E-state index in [0.717, 1.165) is 13.1 Å². The van der Waals surface area contributed by atoms with Gasteiger partial charge in [0, 0.05) is 13.1 Å². The highest BCUT2D eigenvalue weighted by Gasteiger charge is 2.24. The number of aromatic nitrogens is 3. The average Bonchev–Trinajstić information content (AvgIpc) is 2.81. The zero-order valence-electron chi connectivity index (χ0n) is 11.1. The number of carboxylic acid groups (broad SMARTS) is 1. The second-order valence-electron chi connectivity index (χ2n) is 4.54. The third kappa shape index (κ3) is 3.48. The van der Waals surface area contributed by atoms with Gasteiger partial charge in [0.1, 0.15) is 6.04 Å². The first kappa shape index (κ1) is 14.8. The summed E-state index contributed by atoms with van der Waals surface area (Å²) < 4.78 is 1.63. The Bertz CT molecular complexity index is 488. The molecule has 1 aliphatic rings. The molecular weight excluding hydrogens is 282 g/mol. The number of carboxylic acids is 1. The minimum Gasteiger partial charge on any atom is -0.480 e. The van der Waals surface area contributed by atoms with Crippen LogP contribution in [0.4, 0.5) is 0 Å². The van der Waals surface area contributed by atoms with Gasteiger partial charge >= 0.3 is 5.97 Å². The zero-order valence-corrected chi connectivity index (χ0v) is 11.9. The minimum atomic E-state index is -1.04. The Balaban J connectivity index is 1.95. The molecule has 0 radical (unpaired) electrons. The summed E-state index contributed by atoms with van der Waals surface area (Å²) >= 11 is 1.54. The van der Waals surface area contributed by atoms with E-state index < -0.39 is 17.9 Å². The molecule has 0 spiro atoms. The van der Waals surface area contributed by atoms with E-state index in [1.54, 1.807) is 10.9 Å². The summed E-state index contributed by atoms with van der Waals surface area (Å²) in [6.45, 7) is 1.60. The van der Waals surface area contributed by atoms with E-state index in [-0.39, 0.29) is 11.7 Å². The molecule has 0 aromatic carbocycles. The maximum Gasteiger partial charge on any atom is 0.326 e. The molecule has 2 heterocycles. The molecule has 3 N–H and O–H groups in total. The first-order valence-corrected chi connectivity index (χ1v) is 7.66. The molecule has 1 saturated heterocycles. The molecule has 1 amide bonds. The van der Waals surface area contributed by atoms with Crippen molar-refractivity contribution in [3.63, 3.8) is 0 Å². The maximum absolute atomic E-state index is 12.0. The summed E-state index contributed by atoms with van der Waals surface area (Å²) in [7, 11) is 0. The Morgan fingerprint density at radius 2 is 2.40 bits per heavy atom. The topological polar surface area (TPSA) is 109 Å². The number of aliphatic carboxylic acids is 1. The van der Waals surface area contributed by atoms with Crippen LogP contribution in [0.5, 0.6) is 0 Å². The van der Waals surface area contributed by atoms with Crippen molar-refractivity contribution in [3.8, 4) is 0 Å². The number of thioether (sulfide) groups is 1. The fourth-order valence-electron chi connectivity index (χ4n) is 1.74. The van der Waals surface area contributed by atoms with E-state index in [4.69, 9.17) is 5.11 Å². The highest BCUT2D eigenvalue weighted by atomic mass is 32.2. The number of nitrogens with zero attached hydrogens (tertiary/aromatic N) is 3. The Morgan fingerprint density at radius 3 is 2.95 bits per heavy atom. The van der Waals surface area contributed by atoms with Gasteiger partial charge in [-0.15, -0.1) is 5.10 Å². The Hall–Kier alpha value is -1.61. The molecule has 1 aromatic rings. The van der Waals surface area contributed by atoms with Crippen LogP contribution in [-0.2, 0) is 4.79 Å². The molecule has 0 bridgehead atoms. The number of rotatable bonds is 7. The SMILES string of the molecule is CSCCC(NC(=O)c1cn(C2CNC2)nn1)C(=O)O. The van der Waals surface area contributed by atoms with Gasteiger partial charge in [0.2, 0.25) is 0 Å². The lowest BCUT2D eigenvalue weighted by Gasteiger charge is -2.26. The van der Waals surface area contributed by atoms with Crippen molar-refractivity contribution in [1.29, 1.82) is 0 Å². The van der Waals surface area contributed by atoms with Crippen LogP contribution in [0.3, 0.4) is 0 Å². The van der Waals surface area contributed by atoms with Crippen LogP contribution in [-0.4, -0.2) is 63.1 Å². The first-order valence-electron chi connectivity index (χ1n) is 6.27. The van der Waals surface area contributed by atoms with Crippen molar-refractivity contribution >= 4 is 23.6 Å². The Kier molecular flexibility index (Phi) is 4.96. The number of carbonyl (C=O) groups is 2. The van der Waals surface area contributed by atoms with Crippen LogP contribution in [0.25, 0.3) is 0 Å². The van der Waals surface area contributed by atoms with E-state index in [1.807, 2.05) is 6.26 Å². The van der Waals surface area contributed by atoms with Gasteiger partial charge in [-0.05, 0) is 18.4 Å². The van der Waals surface area contributed by atoms with Gasteiger partial charge in [0.25, 0.3) is 5.91 Å². The van der Waals surface area contributed by atoms with Gasteiger partial charge in [-0.3, -0.25) is 4.79 Å². The summed E-state index contributed by atoms with van der Waals surface area (Å²) in [5.74, 6) is -0.877. The quantitative estimate of drug-likeness (QED) is 0.614. The lowest BCUT2D eigenvalue weighted by atomic mass is 10.2. The van der Waals surface area contributed by atoms with Crippen molar-refractivity contribution < 1.29 is 14.7 Å². The van der Waals surface area contributed by atoms with Gasteiger partial charge in [0.05, 0.1) is 12.2 Å². The van der Waals surface area contributed by atoms with E-state index in [2.05, 4.69) is 20.9 Å². The molecule has 2 rings (SSSR count). The summed E-state index contributed by atoms with van der Waals surface area (Å²) in [5, 5.41) is 22.3. The van der Waals surface area contributed by atoms with Crippen molar-refractivity contribution in [3.05, 3.63) is 11.9 Å². The minimum absolute atomic E-state index is 0.146. The maximum atomic E-state index is 12.0. The van der Waals surface area contributed by atoms with Gasteiger partial charge < -0.3 is 15.7 Å². The second-order valence-corrected chi connectivity index (χ2v) is 5.53. The second kappa shape index (κ2) is 6.71. The highest BCUT2D eigenvalue weighted by Crippen LogP contribution is 2.10. The first-order chi connectivity index (χ1) is 9.61. The molecule has 9 heteroatoms. The van der Waals surface area contributed by atoms with E-state index in [1.165, 1.54) is 11.8 Å². The molecular formula is C11H17N5O3S. The molecule has 1 fully saturated rings. The molecule has 1 aliphatic heterocycles. The molecule has 1 atom stereocenters. The molecule has 0 aliphatic carbocycles. The van der Waals surface area contributed by atoms with Crippen LogP contribution in [0, 0.1) is 0 Å². The van der Waals surface area contributed by atoms with Crippen LogP contribution < -0.4 is 10.6 Å². The third-order valence-electron chi connectivity index (χ3n) is 3.09. The van der Waals surface area contributed by atoms with Crippen molar-refractivity contribution in [2.75, 3.05) is 25.1 Å². The van der Waals surface area contributed by atoms with Crippen LogP contribution >= 0.6 is 11.8 Å². The number of amides is 1. The Morgan fingerprint density at radius 1 is 1.65 bits per heavy atom. The van der Waals surface area contributed by atoms with Gasteiger partial charge in [-0.2, -0.15) is 11.8 Å². The number of hydrogen-bond donors (Lipinski definition) is 3. The lowest BCUT2D eigenvalue weighted by molar-refractivity contribution is -0.139. The van der Waals surface area contributed by atoms with E-state index in [0.29, 0.717) is 12.2 Å². The predicted octanol–water partition coefficient (Wildman–Crippen LogP) is -0.641. The van der Waals surface area contributed by atoms with Gasteiger partial charge in [0.15, 0.2) is 5.69 Å². The number of carbonyl (C=O) groups excluding carboxylic acids is 1. The summed E-state index contributed by atoms with van der Waals surface area (Å²) in [5.41, 5.74) is 0.146. The predicted molar refractivity (Wildman–Crippen MR) is 73.8 cm³/mol. The molecule has 20 heavy (non-hydrogen) atoms. The Labute approximate surface area is 120 Å². The van der Waals surface area contributed by atoms with Crippen LogP contribution in [0.2, 0.25) is 0 Å². The lowest BCUT2D eigenvalue weighted by Crippen LogP contribution is -2.43. The van der Waals surface area contributed by atoms with Crippen molar-refractivity contribution in [2.45, 2.75) is 18.5 Å². The standard InChI is InChI=1S/C11H17N5O3S/c1-20-3-2-8(11(18)19)13-10(17)9-6-16(15-14-9)7-4-12-5-7/h6-8,12H,2-5H2,1H3,(H,13,17)(H,18,19). The van der Waals surface area contributed by atoms with Crippen LogP contribution in [0.15, 0.2) is 6.20 Å².